The van der Waals surface area contributed by atoms with Crippen LogP contribution in [0.4, 0.5) is 11.4 Å². The number of ether oxygens (including phenoxy) is 1. The summed E-state index contributed by atoms with van der Waals surface area (Å²) >= 11 is 17.9. The molecule has 0 spiro atoms. The van der Waals surface area contributed by atoms with Gasteiger partial charge in [0, 0.05) is 12.1 Å². The molecule has 0 unspecified atom stereocenters. The Hall–Kier alpha value is -2.53. The van der Waals surface area contributed by atoms with E-state index in [1.807, 2.05) is 0 Å². The maximum atomic E-state index is 11.6. The molecular weight excluding hydrogens is 393 g/mol. The van der Waals surface area contributed by atoms with Gasteiger partial charge >= 0.3 is 0 Å². The molecule has 1 N–H and O–H groups in total. The van der Waals surface area contributed by atoms with E-state index >= 15 is 0 Å². The average Bonchev–Trinajstić information content (AvgIpc) is 2.54. The fourth-order valence-electron chi connectivity index (χ4n) is 1.82. The maximum absolute atomic E-state index is 11.6. The van der Waals surface area contributed by atoms with Gasteiger partial charge in [0.05, 0.1) is 21.0 Å². The second-order valence-electron chi connectivity index (χ2n) is 4.59. The first-order valence-corrected chi connectivity index (χ1v) is 7.73. The molecule has 0 aliphatic carbocycles. The van der Waals surface area contributed by atoms with Crippen LogP contribution in [0.3, 0.4) is 0 Å². The summed E-state index contributed by atoms with van der Waals surface area (Å²) in [6.07, 6.45) is -0.462. The van der Waals surface area contributed by atoms with Crippen LogP contribution in [0.1, 0.15) is 6.42 Å². The number of carbonyl (C=O) groups is 1. The molecule has 2 rings (SSSR count). The van der Waals surface area contributed by atoms with Crippen LogP contribution in [0, 0.1) is 21.4 Å². The number of nitriles is 1. The number of rotatable bonds is 5. The smallest absolute Gasteiger partial charge is 0.294 e. The zero-order valence-electron chi connectivity index (χ0n) is 12.3. The van der Waals surface area contributed by atoms with Gasteiger partial charge in [0.25, 0.3) is 5.69 Å². The molecular formula is C15H8Cl3N3O4. The third-order valence-corrected chi connectivity index (χ3v) is 3.99. The molecule has 2 aromatic rings. The standard InChI is InChI=1S/C15H8Cl3N3O4/c16-8-2-1-3-12(15(8)18)25-13-7-10(20-14(22)4-5-19)11(21(23)24)6-9(13)17/h1-3,6-7H,4H2,(H,20,22). The van der Waals surface area contributed by atoms with Gasteiger partial charge in [-0.3, -0.25) is 14.9 Å². The monoisotopic (exact) mass is 399 g/mol. The molecule has 0 radical (unpaired) electrons. The number of benzene rings is 2. The van der Waals surface area contributed by atoms with Crippen molar-refractivity contribution in [2.24, 2.45) is 0 Å². The highest BCUT2D eigenvalue weighted by Crippen LogP contribution is 2.41. The lowest BCUT2D eigenvalue weighted by molar-refractivity contribution is -0.383. The first-order chi connectivity index (χ1) is 11.8. The fourth-order valence-corrected chi connectivity index (χ4v) is 2.35. The number of nitro groups is 1. The van der Waals surface area contributed by atoms with Crippen LogP contribution in [-0.4, -0.2) is 10.8 Å². The predicted molar refractivity (Wildman–Crippen MR) is 93.5 cm³/mol. The summed E-state index contributed by atoms with van der Waals surface area (Å²) in [4.78, 5) is 22.0. The Kier molecular flexibility index (Phi) is 6.04. The van der Waals surface area contributed by atoms with Crippen LogP contribution in [0.15, 0.2) is 30.3 Å². The predicted octanol–water partition coefficient (Wildman–Crippen LogP) is 5.20. The summed E-state index contributed by atoms with van der Waals surface area (Å²) in [6.45, 7) is 0. The third kappa shape index (κ3) is 4.51. The third-order valence-electron chi connectivity index (χ3n) is 2.90. The average molecular weight is 401 g/mol. The van der Waals surface area contributed by atoms with Gasteiger partial charge in [-0.15, -0.1) is 0 Å². The SMILES string of the molecule is N#CCC(=O)Nc1cc(Oc2cccc(Cl)c2Cl)c(Cl)cc1[N+](=O)[O-]. The molecule has 128 valence electrons. The normalized spacial score (nSPS) is 10.0. The summed E-state index contributed by atoms with van der Waals surface area (Å²) in [7, 11) is 0. The zero-order valence-corrected chi connectivity index (χ0v) is 14.5. The molecule has 0 saturated heterocycles. The van der Waals surface area contributed by atoms with Gasteiger partial charge in [0.2, 0.25) is 5.91 Å². The quantitative estimate of drug-likeness (QED) is 0.548. The van der Waals surface area contributed by atoms with Crippen molar-refractivity contribution in [2.75, 3.05) is 5.32 Å². The Morgan fingerprint density at radius 3 is 2.60 bits per heavy atom. The second kappa shape index (κ2) is 8.03. The van der Waals surface area contributed by atoms with E-state index in [0.29, 0.717) is 0 Å². The second-order valence-corrected chi connectivity index (χ2v) is 5.79. The Morgan fingerprint density at radius 1 is 1.24 bits per heavy atom. The van der Waals surface area contributed by atoms with Crippen LogP contribution >= 0.6 is 34.8 Å². The number of nitro benzene ring substituents is 1. The molecule has 0 bridgehead atoms. The van der Waals surface area contributed by atoms with Crippen molar-refractivity contribution in [1.82, 2.24) is 0 Å². The zero-order chi connectivity index (χ0) is 18.6. The lowest BCUT2D eigenvalue weighted by atomic mass is 10.2. The van der Waals surface area contributed by atoms with E-state index in [-0.39, 0.29) is 32.3 Å². The van der Waals surface area contributed by atoms with Crippen LogP contribution < -0.4 is 10.1 Å². The van der Waals surface area contributed by atoms with E-state index in [2.05, 4.69) is 5.32 Å². The van der Waals surface area contributed by atoms with E-state index < -0.39 is 22.9 Å². The van der Waals surface area contributed by atoms with Crippen LogP contribution in [0.25, 0.3) is 0 Å². The van der Waals surface area contributed by atoms with Gasteiger partial charge in [-0.1, -0.05) is 40.9 Å². The Morgan fingerprint density at radius 2 is 1.96 bits per heavy atom. The van der Waals surface area contributed by atoms with Crippen LogP contribution in [-0.2, 0) is 4.79 Å². The van der Waals surface area contributed by atoms with Gasteiger partial charge in [-0.05, 0) is 12.1 Å². The number of nitrogens with one attached hydrogen (secondary N) is 1. The highest BCUT2D eigenvalue weighted by Gasteiger charge is 2.21. The van der Waals surface area contributed by atoms with Gasteiger partial charge in [-0.2, -0.15) is 5.26 Å². The van der Waals surface area contributed by atoms with Gasteiger partial charge in [0.1, 0.15) is 28.6 Å². The molecule has 0 aliphatic rings. The molecule has 10 heteroatoms. The van der Waals surface area contributed by atoms with Crippen molar-refractivity contribution < 1.29 is 14.5 Å². The van der Waals surface area contributed by atoms with E-state index in [9.17, 15) is 14.9 Å². The summed E-state index contributed by atoms with van der Waals surface area (Å²) in [5.41, 5.74) is -0.608. The number of carbonyl (C=O) groups excluding carboxylic acids is 1. The summed E-state index contributed by atoms with van der Waals surface area (Å²) in [5, 5.41) is 22.2. The molecule has 25 heavy (non-hydrogen) atoms. The minimum Gasteiger partial charge on any atom is -0.454 e. The molecule has 1 amide bonds. The fraction of sp³-hybridized carbons (Fsp3) is 0.0667. The van der Waals surface area contributed by atoms with Crippen LogP contribution in [0.5, 0.6) is 11.5 Å². The molecule has 0 saturated carbocycles. The number of halogens is 3. The minimum atomic E-state index is -0.718. The number of hydrogen-bond donors (Lipinski definition) is 1. The molecule has 0 fully saturated rings. The largest absolute Gasteiger partial charge is 0.454 e. The van der Waals surface area contributed by atoms with E-state index in [1.165, 1.54) is 12.1 Å². The van der Waals surface area contributed by atoms with Crippen molar-refractivity contribution >= 4 is 52.1 Å². The first-order valence-electron chi connectivity index (χ1n) is 6.60. The Balaban J connectivity index is 2.45. The first kappa shape index (κ1) is 18.8. The topological polar surface area (TPSA) is 105 Å². The van der Waals surface area contributed by atoms with E-state index in [0.717, 1.165) is 6.07 Å². The van der Waals surface area contributed by atoms with Gasteiger partial charge in [-0.25, -0.2) is 0 Å². The van der Waals surface area contributed by atoms with Crippen molar-refractivity contribution in [3.05, 3.63) is 55.5 Å². The van der Waals surface area contributed by atoms with Crippen molar-refractivity contribution in [3.8, 4) is 17.6 Å². The lowest BCUT2D eigenvalue weighted by Gasteiger charge is -2.12. The van der Waals surface area contributed by atoms with Gasteiger partial charge < -0.3 is 10.1 Å². The van der Waals surface area contributed by atoms with E-state index in [1.54, 1.807) is 18.2 Å². The molecule has 0 aliphatic heterocycles. The molecule has 0 heterocycles. The molecule has 2 aromatic carbocycles. The van der Waals surface area contributed by atoms with Crippen LogP contribution in [0.2, 0.25) is 15.1 Å². The van der Waals surface area contributed by atoms with Crippen molar-refractivity contribution in [3.63, 3.8) is 0 Å². The minimum absolute atomic E-state index is 0.0173. The summed E-state index contributed by atoms with van der Waals surface area (Å²) < 4.78 is 5.55. The number of amides is 1. The van der Waals surface area contributed by atoms with Crippen molar-refractivity contribution in [1.29, 1.82) is 5.26 Å². The number of hydrogen-bond acceptors (Lipinski definition) is 5. The number of anilines is 1. The highest BCUT2D eigenvalue weighted by molar-refractivity contribution is 6.43. The summed E-state index contributed by atoms with van der Waals surface area (Å²) in [6, 6.07) is 8.52. The summed E-state index contributed by atoms with van der Waals surface area (Å²) in [5.74, 6) is -0.512. The van der Waals surface area contributed by atoms with E-state index in [4.69, 9.17) is 44.8 Å². The Labute approximate surface area is 156 Å². The maximum Gasteiger partial charge on any atom is 0.294 e. The molecule has 0 aromatic heterocycles. The molecule has 0 atom stereocenters. The Bertz CT molecular complexity index is 896. The highest BCUT2D eigenvalue weighted by atomic mass is 35.5. The molecule has 7 nitrogen and oxygen atoms in total. The number of nitrogens with zero attached hydrogens (tertiary/aromatic N) is 2. The lowest BCUT2D eigenvalue weighted by Crippen LogP contribution is -2.11. The van der Waals surface area contributed by atoms with Gasteiger partial charge in [0.15, 0.2) is 0 Å². The van der Waals surface area contributed by atoms with Crippen molar-refractivity contribution in [2.45, 2.75) is 6.42 Å².